The van der Waals surface area contributed by atoms with Crippen LogP contribution >= 0.6 is 11.8 Å². The summed E-state index contributed by atoms with van der Waals surface area (Å²) in [6, 6.07) is 6.49. The van der Waals surface area contributed by atoms with Crippen molar-refractivity contribution in [1.29, 1.82) is 0 Å². The molecule has 1 aliphatic rings. The fraction of sp³-hybridized carbons (Fsp3) is 0.455. The minimum Gasteiger partial charge on any atom is -0.454 e. The van der Waals surface area contributed by atoms with E-state index in [-0.39, 0.29) is 0 Å². The van der Waals surface area contributed by atoms with Gasteiger partial charge in [-0.15, -0.1) is 0 Å². The van der Waals surface area contributed by atoms with Gasteiger partial charge in [0.15, 0.2) is 11.5 Å². The largest absolute Gasteiger partial charge is 0.454 e. The van der Waals surface area contributed by atoms with Crippen LogP contribution in [-0.4, -0.2) is 25.8 Å². The highest BCUT2D eigenvalue weighted by atomic mass is 32.2. The third-order valence-electron chi connectivity index (χ3n) is 2.48. The Labute approximate surface area is 94.2 Å². The Morgan fingerprint density at radius 3 is 2.93 bits per heavy atom. The summed E-state index contributed by atoms with van der Waals surface area (Å²) in [5.74, 6) is 2.75. The summed E-state index contributed by atoms with van der Waals surface area (Å²) in [7, 11) is 1.98. The van der Waals surface area contributed by atoms with E-state index in [1.807, 2.05) is 24.9 Å². The van der Waals surface area contributed by atoms with Gasteiger partial charge >= 0.3 is 0 Å². The summed E-state index contributed by atoms with van der Waals surface area (Å²) in [5, 5.41) is 3.29. The van der Waals surface area contributed by atoms with Gasteiger partial charge in [0.25, 0.3) is 0 Å². The Morgan fingerprint density at radius 2 is 2.20 bits per heavy atom. The lowest BCUT2D eigenvalue weighted by Gasteiger charge is -2.15. The van der Waals surface area contributed by atoms with E-state index in [1.165, 1.54) is 5.56 Å². The lowest BCUT2D eigenvalue weighted by Crippen LogP contribution is -2.18. The molecule has 82 valence electrons. The number of ether oxygens (including phenoxy) is 2. The summed E-state index contributed by atoms with van der Waals surface area (Å²) in [6.07, 6.45) is 2.11. The molecule has 0 fully saturated rings. The van der Waals surface area contributed by atoms with E-state index >= 15 is 0 Å². The number of benzene rings is 1. The fourth-order valence-electron chi connectivity index (χ4n) is 1.64. The van der Waals surface area contributed by atoms with Crippen molar-refractivity contribution in [2.75, 3.05) is 25.8 Å². The summed E-state index contributed by atoms with van der Waals surface area (Å²) in [4.78, 5) is 0. The smallest absolute Gasteiger partial charge is 0.231 e. The summed E-state index contributed by atoms with van der Waals surface area (Å²) < 4.78 is 10.6. The second kappa shape index (κ2) is 4.77. The van der Waals surface area contributed by atoms with Gasteiger partial charge in [-0.05, 0) is 31.0 Å². The standard InChI is InChI=1S/C11H15NO2S/c1-12-9(6-15-2)8-3-4-10-11(5-8)14-7-13-10/h3-5,9,12H,6-7H2,1-2H3. The summed E-state index contributed by atoms with van der Waals surface area (Å²) in [5.41, 5.74) is 1.25. The van der Waals surface area contributed by atoms with Crippen LogP contribution in [0.5, 0.6) is 11.5 Å². The second-order valence-corrected chi connectivity index (χ2v) is 4.32. The molecule has 0 bridgehead atoms. The van der Waals surface area contributed by atoms with Crippen molar-refractivity contribution in [1.82, 2.24) is 5.32 Å². The van der Waals surface area contributed by atoms with Gasteiger partial charge in [-0.25, -0.2) is 0 Å². The number of hydrogen-bond acceptors (Lipinski definition) is 4. The molecule has 1 unspecified atom stereocenters. The molecule has 1 aromatic rings. The van der Waals surface area contributed by atoms with E-state index in [0.29, 0.717) is 12.8 Å². The number of nitrogens with one attached hydrogen (secondary N) is 1. The molecular formula is C11H15NO2S. The lowest BCUT2D eigenvalue weighted by molar-refractivity contribution is 0.174. The van der Waals surface area contributed by atoms with Gasteiger partial charge in [0, 0.05) is 11.8 Å². The molecule has 0 aliphatic carbocycles. The Balaban J connectivity index is 2.20. The zero-order valence-corrected chi connectivity index (χ0v) is 9.76. The lowest BCUT2D eigenvalue weighted by atomic mass is 10.1. The molecule has 0 spiro atoms. The predicted octanol–water partition coefficient (Wildman–Crippen LogP) is 2.04. The Kier molecular flexibility index (Phi) is 3.38. The number of hydrogen-bond donors (Lipinski definition) is 1. The molecule has 1 heterocycles. The summed E-state index contributed by atoms with van der Waals surface area (Å²) in [6.45, 7) is 0.339. The minimum absolute atomic E-state index is 0.339. The molecule has 0 radical (unpaired) electrons. The maximum absolute atomic E-state index is 5.36. The quantitative estimate of drug-likeness (QED) is 0.849. The first kappa shape index (κ1) is 10.6. The molecule has 0 saturated heterocycles. The van der Waals surface area contributed by atoms with Crippen LogP contribution in [0.1, 0.15) is 11.6 Å². The normalized spacial score (nSPS) is 15.3. The highest BCUT2D eigenvalue weighted by Gasteiger charge is 2.16. The molecule has 1 atom stereocenters. The first-order chi connectivity index (χ1) is 7.35. The van der Waals surface area contributed by atoms with Gasteiger partial charge in [0.05, 0.1) is 0 Å². The highest BCUT2D eigenvalue weighted by Crippen LogP contribution is 2.34. The van der Waals surface area contributed by atoms with Crippen LogP contribution in [0.3, 0.4) is 0 Å². The van der Waals surface area contributed by atoms with E-state index in [0.717, 1.165) is 17.3 Å². The van der Waals surface area contributed by atoms with E-state index < -0.39 is 0 Å². The predicted molar refractivity (Wildman–Crippen MR) is 62.7 cm³/mol. The van der Waals surface area contributed by atoms with Crippen molar-refractivity contribution in [2.45, 2.75) is 6.04 Å². The molecule has 1 N–H and O–H groups in total. The molecular weight excluding hydrogens is 210 g/mol. The van der Waals surface area contributed by atoms with Gasteiger partial charge in [-0.1, -0.05) is 6.07 Å². The topological polar surface area (TPSA) is 30.5 Å². The van der Waals surface area contributed by atoms with E-state index in [2.05, 4.69) is 23.7 Å². The third kappa shape index (κ3) is 2.21. The molecule has 1 aromatic carbocycles. The number of rotatable bonds is 4. The molecule has 1 aliphatic heterocycles. The van der Waals surface area contributed by atoms with Crippen molar-refractivity contribution in [3.8, 4) is 11.5 Å². The maximum atomic E-state index is 5.36. The number of thioether (sulfide) groups is 1. The van der Waals surface area contributed by atoms with Gasteiger partial charge < -0.3 is 14.8 Å². The average Bonchev–Trinajstić information content (AvgIpc) is 2.72. The maximum Gasteiger partial charge on any atom is 0.231 e. The van der Waals surface area contributed by atoms with Crippen molar-refractivity contribution in [2.24, 2.45) is 0 Å². The molecule has 0 saturated carbocycles. The Hall–Kier alpha value is -0.870. The van der Waals surface area contributed by atoms with E-state index in [1.54, 1.807) is 0 Å². The highest BCUT2D eigenvalue weighted by molar-refractivity contribution is 7.98. The SMILES string of the molecule is CNC(CSC)c1ccc2c(c1)OCO2. The van der Waals surface area contributed by atoms with Crippen LogP contribution < -0.4 is 14.8 Å². The van der Waals surface area contributed by atoms with Gasteiger partial charge in [-0.3, -0.25) is 0 Å². The van der Waals surface area contributed by atoms with Crippen molar-refractivity contribution in [3.63, 3.8) is 0 Å². The molecule has 15 heavy (non-hydrogen) atoms. The third-order valence-corrected chi connectivity index (χ3v) is 3.15. The Bertz CT molecular complexity index is 343. The molecule has 0 aromatic heterocycles. The fourth-order valence-corrected chi connectivity index (χ4v) is 2.34. The molecule has 2 rings (SSSR count). The summed E-state index contributed by atoms with van der Waals surface area (Å²) >= 11 is 1.83. The Morgan fingerprint density at radius 1 is 1.40 bits per heavy atom. The van der Waals surface area contributed by atoms with Crippen LogP contribution in [0, 0.1) is 0 Å². The van der Waals surface area contributed by atoms with Crippen LogP contribution in [0.15, 0.2) is 18.2 Å². The van der Waals surface area contributed by atoms with Crippen molar-refractivity contribution in [3.05, 3.63) is 23.8 Å². The van der Waals surface area contributed by atoms with Gasteiger partial charge in [-0.2, -0.15) is 11.8 Å². The van der Waals surface area contributed by atoms with Crippen molar-refractivity contribution >= 4 is 11.8 Å². The average molecular weight is 225 g/mol. The minimum atomic E-state index is 0.339. The molecule has 4 heteroatoms. The first-order valence-electron chi connectivity index (χ1n) is 4.91. The molecule has 0 amide bonds. The van der Waals surface area contributed by atoms with Crippen LogP contribution in [-0.2, 0) is 0 Å². The van der Waals surface area contributed by atoms with Crippen LogP contribution in [0.25, 0.3) is 0 Å². The van der Waals surface area contributed by atoms with E-state index in [4.69, 9.17) is 9.47 Å². The van der Waals surface area contributed by atoms with Gasteiger partial charge in [0.2, 0.25) is 6.79 Å². The van der Waals surface area contributed by atoms with Crippen LogP contribution in [0.2, 0.25) is 0 Å². The van der Waals surface area contributed by atoms with E-state index in [9.17, 15) is 0 Å². The number of fused-ring (bicyclic) bond motifs is 1. The van der Waals surface area contributed by atoms with Crippen molar-refractivity contribution < 1.29 is 9.47 Å². The van der Waals surface area contributed by atoms with Crippen LogP contribution in [0.4, 0.5) is 0 Å². The zero-order chi connectivity index (χ0) is 10.7. The van der Waals surface area contributed by atoms with Gasteiger partial charge in [0.1, 0.15) is 0 Å². The first-order valence-corrected chi connectivity index (χ1v) is 6.30. The second-order valence-electron chi connectivity index (χ2n) is 3.41. The monoisotopic (exact) mass is 225 g/mol. The molecule has 3 nitrogen and oxygen atoms in total. The zero-order valence-electron chi connectivity index (χ0n) is 8.95.